The number of ether oxygens (including phenoxy) is 2. The van der Waals surface area contributed by atoms with Crippen LogP contribution in [0.2, 0.25) is 0 Å². The quantitative estimate of drug-likeness (QED) is 0.657. The Morgan fingerprint density at radius 2 is 2.04 bits per heavy atom. The zero-order valence-corrected chi connectivity index (χ0v) is 14.6. The third-order valence-corrected chi connectivity index (χ3v) is 3.76. The van der Waals surface area contributed by atoms with Gasteiger partial charge < -0.3 is 14.0 Å². The van der Waals surface area contributed by atoms with Crippen LogP contribution in [0.1, 0.15) is 47.5 Å². The molecule has 25 heavy (non-hydrogen) atoms. The van der Waals surface area contributed by atoms with Gasteiger partial charge in [-0.05, 0) is 31.2 Å². The molecule has 0 atom stereocenters. The molecule has 7 heteroatoms. The predicted octanol–water partition coefficient (Wildman–Crippen LogP) is 3.42. The molecule has 0 bridgehead atoms. The minimum Gasteiger partial charge on any atom is -0.497 e. The number of hydrogen-bond acceptors (Lipinski definition) is 7. The van der Waals surface area contributed by atoms with Crippen LogP contribution in [0.3, 0.4) is 0 Å². The van der Waals surface area contributed by atoms with Crippen LogP contribution < -0.4 is 4.74 Å². The zero-order chi connectivity index (χ0) is 18.0. The first-order valence-electron chi connectivity index (χ1n) is 7.93. The van der Waals surface area contributed by atoms with Gasteiger partial charge in [-0.25, -0.2) is 4.79 Å². The van der Waals surface area contributed by atoms with Crippen molar-refractivity contribution in [1.29, 1.82) is 0 Å². The second-order valence-corrected chi connectivity index (χ2v) is 5.96. The molecular formula is C18H19N3O4. The van der Waals surface area contributed by atoms with Crippen LogP contribution in [0.15, 0.2) is 28.8 Å². The highest BCUT2D eigenvalue weighted by Crippen LogP contribution is 2.22. The molecule has 1 aromatic carbocycles. The normalized spacial score (nSPS) is 11.1. The molecule has 0 amide bonds. The topological polar surface area (TPSA) is 87.3 Å². The Balaban J connectivity index is 1.79. The monoisotopic (exact) mass is 341 g/mol. The van der Waals surface area contributed by atoms with Gasteiger partial charge in [0.1, 0.15) is 5.75 Å². The van der Waals surface area contributed by atoms with Gasteiger partial charge in [0.15, 0.2) is 12.4 Å². The largest absolute Gasteiger partial charge is 0.497 e. The van der Waals surface area contributed by atoms with Crippen molar-refractivity contribution in [3.8, 4) is 5.75 Å². The van der Waals surface area contributed by atoms with E-state index in [0.717, 1.165) is 10.9 Å². The number of carbonyl (C=O) groups is 1. The summed E-state index contributed by atoms with van der Waals surface area (Å²) < 4.78 is 15.6. The van der Waals surface area contributed by atoms with Crippen LogP contribution in [0, 0.1) is 6.92 Å². The lowest BCUT2D eigenvalue weighted by molar-refractivity contribution is 0.0428. The number of methoxy groups -OCH3 is 1. The van der Waals surface area contributed by atoms with Gasteiger partial charge in [0, 0.05) is 11.3 Å². The summed E-state index contributed by atoms with van der Waals surface area (Å²) in [6, 6.07) is 7.25. The molecule has 2 aromatic heterocycles. The molecular weight excluding hydrogens is 322 g/mol. The lowest BCUT2D eigenvalue weighted by Gasteiger charge is -2.08. The highest BCUT2D eigenvalue weighted by Gasteiger charge is 2.16. The number of benzene rings is 1. The van der Waals surface area contributed by atoms with Crippen LogP contribution >= 0.6 is 0 Å². The Bertz CT molecular complexity index is 918. The van der Waals surface area contributed by atoms with Gasteiger partial charge in [-0.1, -0.05) is 19.0 Å². The van der Waals surface area contributed by atoms with Crippen LogP contribution in [-0.4, -0.2) is 28.2 Å². The molecule has 0 spiro atoms. The Morgan fingerprint density at radius 3 is 2.72 bits per heavy atom. The Hall–Kier alpha value is -2.96. The first kappa shape index (κ1) is 16.9. The molecule has 3 rings (SSSR count). The molecule has 130 valence electrons. The SMILES string of the molecule is COc1ccc2nc(C)c(C(=O)OCc3nc(C(C)C)no3)cc2c1. The number of aromatic nitrogens is 3. The number of carbonyl (C=O) groups excluding carboxylic acids is 1. The summed E-state index contributed by atoms with van der Waals surface area (Å²) in [6.45, 7) is 5.61. The third-order valence-electron chi connectivity index (χ3n) is 3.76. The van der Waals surface area contributed by atoms with E-state index in [1.807, 2.05) is 32.0 Å². The van der Waals surface area contributed by atoms with Gasteiger partial charge >= 0.3 is 5.97 Å². The number of fused-ring (bicyclic) bond motifs is 1. The molecule has 7 nitrogen and oxygen atoms in total. The van der Waals surface area contributed by atoms with Gasteiger partial charge in [0.05, 0.1) is 23.9 Å². The molecule has 0 aliphatic heterocycles. The number of esters is 1. The summed E-state index contributed by atoms with van der Waals surface area (Å²) in [4.78, 5) is 21.0. The van der Waals surface area contributed by atoms with Crippen LogP contribution in [0.5, 0.6) is 5.75 Å². The maximum absolute atomic E-state index is 12.4. The standard InChI is InChI=1S/C18H19N3O4/c1-10(2)17-20-16(25-21-17)9-24-18(22)14-8-12-7-13(23-4)5-6-15(12)19-11(14)3/h5-8,10H,9H2,1-4H3. The van der Waals surface area contributed by atoms with Crippen molar-refractivity contribution in [3.05, 3.63) is 47.2 Å². The summed E-state index contributed by atoms with van der Waals surface area (Å²) in [5, 5.41) is 4.64. The van der Waals surface area contributed by atoms with Crippen molar-refractivity contribution >= 4 is 16.9 Å². The van der Waals surface area contributed by atoms with Crippen LogP contribution in [0.25, 0.3) is 10.9 Å². The molecule has 3 aromatic rings. The summed E-state index contributed by atoms with van der Waals surface area (Å²) in [7, 11) is 1.59. The Kier molecular flexibility index (Phi) is 4.65. The fourth-order valence-corrected chi connectivity index (χ4v) is 2.35. The van der Waals surface area contributed by atoms with Gasteiger partial charge in [0.2, 0.25) is 0 Å². The number of nitrogens with zero attached hydrogens (tertiary/aromatic N) is 3. The Morgan fingerprint density at radius 1 is 1.24 bits per heavy atom. The zero-order valence-electron chi connectivity index (χ0n) is 14.6. The Labute approximate surface area is 145 Å². The molecule has 0 unspecified atom stereocenters. The van der Waals surface area contributed by atoms with E-state index in [1.54, 1.807) is 20.1 Å². The summed E-state index contributed by atoms with van der Waals surface area (Å²) >= 11 is 0. The average molecular weight is 341 g/mol. The molecule has 0 aliphatic carbocycles. The molecule has 0 radical (unpaired) electrons. The smallest absolute Gasteiger partial charge is 0.340 e. The number of pyridine rings is 1. The van der Waals surface area contributed by atoms with Crippen LogP contribution in [0.4, 0.5) is 0 Å². The fraction of sp³-hybridized carbons (Fsp3) is 0.333. The van der Waals surface area contributed by atoms with Gasteiger partial charge in [-0.3, -0.25) is 4.98 Å². The minimum atomic E-state index is -0.487. The molecule has 2 heterocycles. The third kappa shape index (κ3) is 3.60. The first-order chi connectivity index (χ1) is 12.0. The molecule has 0 aliphatic rings. The maximum Gasteiger partial charge on any atom is 0.340 e. The minimum absolute atomic E-state index is 0.0753. The van der Waals surface area contributed by atoms with Crippen molar-refractivity contribution < 1.29 is 18.8 Å². The van der Waals surface area contributed by atoms with Gasteiger partial charge in [0.25, 0.3) is 5.89 Å². The van der Waals surface area contributed by atoms with Crippen molar-refractivity contribution in [2.24, 2.45) is 0 Å². The lowest BCUT2D eigenvalue weighted by Crippen LogP contribution is -2.08. The predicted molar refractivity (Wildman–Crippen MR) is 90.5 cm³/mol. The molecule has 0 N–H and O–H groups in total. The first-order valence-corrected chi connectivity index (χ1v) is 7.93. The van der Waals surface area contributed by atoms with E-state index in [1.165, 1.54) is 0 Å². The van der Waals surface area contributed by atoms with Crippen molar-refractivity contribution in [2.45, 2.75) is 33.3 Å². The van der Waals surface area contributed by atoms with E-state index in [0.29, 0.717) is 22.8 Å². The van der Waals surface area contributed by atoms with E-state index >= 15 is 0 Å². The molecule has 0 saturated heterocycles. The summed E-state index contributed by atoms with van der Waals surface area (Å²) in [5.41, 5.74) is 1.77. The van der Waals surface area contributed by atoms with Crippen LogP contribution in [-0.2, 0) is 11.3 Å². The second kappa shape index (κ2) is 6.88. The average Bonchev–Trinajstić information content (AvgIpc) is 3.08. The fourth-order valence-electron chi connectivity index (χ4n) is 2.35. The van der Waals surface area contributed by atoms with E-state index in [2.05, 4.69) is 15.1 Å². The van der Waals surface area contributed by atoms with Crippen molar-refractivity contribution in [3.63, 3.8) is 0 Å². The highest BCUT2D eigenvalue weighted by molar-refractivity contribution is 5.95. The molecule has 0 saturated carbocycles. The van der Waals surface area contributed by atoms with Gasteiger partial charge in [-0.15, -0.1) is 0 Å². The van der Waals surface area contributed by atoms with Gasteiger partial charge in [-0.2, -0.15) is 4.98 Å². The summed E-state index contributed by atoms with van der Waals surface area (Å²) in [5.74, 6) is 1.21. The van der Waals surface area contributed by atoms with Crippen molar-refractivity contribution in [2.75, 3.05) is 7.11 Å². The number of hydrogen-bond donors (Lipinski definition) is 0. The summed E-state index contributed by atoms with van der Waals surface area (Å²) in [6.07, 6.45) is 0. The highest BCUT2D eigenvalue weighted by atomic mass is 16.6. The number of rotatable bonds is 5. The molecule has 0 fully saturated rings. The van der Waals surface area contributed by atoms with E-state index in [4.69, 9.17) is 14.0 Å². The maximum atomic E-state index is 12.4. The van der Waals surface area contributed by atoms with E-state index in [9.17, 15) is 4.79 Å². The van der Waals surface area contributed by atoms with Crippen molar-refractivity contribution in [1.82, 2.24) is 15.1 Å². The van der Waals surface area contributed by atoms with E-state index in [-0.39, 0.29) is 18.4 Å². The number of aryl methyl sites for hydroxylation is 1. The lowest BCUT2D eigenvalue weighted by atomic mass is 10.1. The van der Waals surface area contributed by atoms with E-state index < -0.39 is 5.97 Å². The second-order valence-electron chi connectivity index (χ2n) is 5.96.